The van der Waals surface area contributed by atoms with Crippen LogP contribution in [-0.4, -0.2) is 56.1 Å². The maximum Gasteiger partial charge on any atom is 0.287 e. The largest absolute Gasteiger partial charge is 0.459 e. The van der Waals surface area contributed by atoms with E-state index in [4.69, 9.17) is 9.15 Å². The zero-order valence-electron chi connectivity index (χ0n) is 16.4. The second-order valence-electron chi connectivity index (χ2n) is 6.60. The average Bonchev–Trinajstić information content (AvgIpc) is 3.23. The van der Waals surface area contributed by atoms with Crippen molar-refractivity contribution in [1.82, 2.24) is 15.5 Å². The van der Waals surface area contributed by atoms with Crippen molar-refractivity contribution < 1.29 is 18.3 Å². The molecule has 158 valence electrons. The number of hydrogen-bond acceptors (Lipinski definition) is 4. The summed E-state index contributed by atoms with van der Waals surface area (Å²) in [4.78, 5) is 18.3. The summed E-state index contributed by atoms with van der Waals surface area (Å²) in [5.74, 6) is 0.500. The third-order valence-electron chi connectivity index (χ3n) is 4.45. The molecule has 2 heterocycles. The highest BCUT2D eigenvalue weighted by atomic mass is 127. The molecule has 1 aliphatic rings. The molecule has 0 saturated carbocycles. The van der Waals surface area contributed by atoms with Crippen LogP contribution in [0.2, 0.25) is 0 Å². The number of hydrogen-bond donors (Lipinski definition) is 2. The van der Waals surface area contributed by atoms with Gasteiger partial charge in [-0.15, -0.1) is 24.0 Å². The van der Waals surface area contributed by atoms with E-state index in [1.54, 1.807) is 31.3 Å². The van der Waals surface area contributed by atoms with E-state index >= 15 is 0 Å². The molecular weight excluding hydrogens is 490 g/mol. The van der Waals surface area contributed by atoms with Crippen molar-refractivity contribution in [3.63, 3.8) is 0 Å². The number of aliphatic imine (C=N–C) groups is 1. The minimum atomic E-state index is -0.265. The Kier molecular flexibility index (Phi) is 8.90. The summed E-state index contributed by atoms with van der Waals surface area (Å²) in [5, 5.41) is 6.04. The number of nitrogens with zero attached hydrogens (tertiary/aromatic N) is 2. The van der Waals surface area contributed by atoms with Gasteiger partial charge in [0.2, 0.25) is 0 Å². The number of carbonyl (C=O) groups is 1. The molecule has 2 aromatic rings. The number of benzene rings is 1. The first-order valence-corrected chi connectivity index (χ1v) is 9.25. The highest BCUT2D eigenvalue weighted by Crippen LogP contribution is 2.25. The Bertz CT molecular complexity index is 799. The summed E-state index contributed by atoms with van der Waals surface area (Å²) < 4.78 is 24.3. The van der Waals surface area contributed by atoms with Crippen LogP contribution in [0.4, 0.5) is 4.39 Å². The number of rotatable bonds is 5. The second-order valence-corrected chi connectivity index (χ2v) is 6.60. The van der Waals surface area contributed by atoms with Gasteiger partial charge in [0.25, 0.3) is 5.91 Å². The molecule has 3 rings (SSSR count). The summed E-state index contributed by atoms with van der Waals surface area (Å²) in [5.41, 5.74) is 0.930. The lowest BCUT2D eigenvalue weighted by atomic mass is 10.1. The first-order valence-electron chi connectivity index (χ1n) is 9.25. The highest BCUT2D eigenvalue weighted by molar-refractivity contribution is 14.0. The molecule has 9 heteroatoms. The summed E-state index contributed by atoms with van der Waals surface area (Å²) in [6, 6.07) is 9.67. The third-order valence-corrected chi connectivity index (χ3v) is 4.45. The molecule has 7 nitrogen and oxygen atoms in total. The zero-order chi connectivity index (χ0) is 19.9. The molecule has 0 radical (unpaired) electrons. The fourth-order valence-corrected chi connectivity index (χ4v) is 3.16. The van der Waals surface area contributed by atoms with Gasteiger partial charge in [-0.25, -0.2) is 4.39 Å². The molecule has 0 aliphatic carbocycles. The van der Waals surface area contributed by atoms with E-state index in [0.717, 1.165) is 11.5 Å². The van der Waals surface area contributed by atoms with E-state index < -0.39 is 0 Å². The SMILES string of the molecule is CN=C(NCCNC(=O)c1ccco1)N1CC(C)OC(c2ccc(F)cc2)C1.I. The number of nitrogens with one attached hydrogen (secondary N) is 2. The van der Waals surface area contributed by atoms with E-state index in [-0.39, 0.29) is 53.7 Å². The van der Waals surface area contributed by atoms with Crippen molar-refractivity contribution in [3.05, 3.63) is 59.8 Å². The van der Waals surface area contributed by atoms with Crippen molar-refractivity contribution in [2.45, 2.75) is 19.1 Å². The van der Waals surface area contributed by atoms with Crippen LogP contribution in [0.5, 0.6) is 0 Å². The highest BCUT2D eigenvalue weighted by Gasteiger charge is 2.28. The van der Waals surface area contributed by atoms with Crippen molar-refractivity contribution in [2.75, 3.05) is 33.2 Å². The minimum absolute atomic E-state index is 0. The number of amides is 1. The number of carbonyl (C=O) groups excluding carboxylic acids is 1. The van der Waals surface area contributed by atoms with Crippen LogP contribution in [-0.2, 0) is 4.74 Å². The lowest BCUT2D eigenvalue weighted by Gasteiger charge is -2.38. The standard InChI is InChI=1S/C20H25FN4O3.HI/c1-14-12-25(13-18(28-14)15-5-7-16(21)8-6-15)20(22-2)24-10-9-23-19(26)17-4-3-11-27-17;/h3-8,11,14,18H,9-10,12-13H2,1-2H3,(H,22,24)(H,23,26);1H. The van der Waals surface area contributed by atoms with E-state index in [0.29, 0.717) is 26.2 Å². The molecule has 2 atom stereocenters. The van der Waals surface area contributed by atoms with Crippen LogP contribution in [0.1, 0.15) is 29.1 Å². The molecule has 0 bridgehead atoms. The quantitative estimate of drug-likeness (QED) is 0.277. The Labute approximate surface area is 186 Å². The monoisotopic (exact) mass is 516 g/mol. The smallest absolute Gasteiger partial charge is 0.287 e. The lowest BCUT2D eigenvalue weighted by Crippen LogP contribution is -2.51. The van der Waals surface area contributed by atoms with Crippen LogP contribution in [0.3, 0.4) is 0 Å². The Morgan fingerprint density at radius 1 is 1.21 bits per heavy atom. The van der Waals surface area contributed by atoms with Gasteiger partial charge in [0.05, 0.1) is 18.9 Å². The molecule has 2 unspecified atom stereocenters. The Hall–Kier alpha value is -2.14. The first-order chi connectivity index (χ1) is 13.6. The molecule has 0 spiro atoms. The molecule has 2 N–H and O–H groups in total. The van der Waals surface area contributed by atoms with Crippen LogP contribution in [0.15, 0.2) is 52.1 Å². The minimum Gasteiger partial charge on any atom is -0.459 e. The molecule has 1 aromatic heterocycles. The van der Waals surface area contributed by atoms with Gasteiger partial charge in [-0.3, -0.25) is 9.79 Å². The lowest BCUT2D eigenvalue weighted by molar-refractivity contribution is -0.0604. The van der Waals surface area contributed by atoms with E-state index in [1.165, 1.54) is 18.4 Å². The molecule has 1 aliphatic heterocycles. The first kappa shape index (κ1) is 23.1. The van der Waals surface area contributed by atoms with Crippen LogP contribution in [0.25, 0.3) is 0 Å². The van der Waals surface area contributed by atoms with Gasteiger partial charge >= 0.3 is 0 Å². The third kappa shape index (κ3) is 6.43. The maximum atomic E-state index is 13.2. The van der Waals surface area contributed by atoms with Crippen LogP contribution < -0.4 is 10.6 Å². The van der Waals surface area contributed by atoms with Gasteiger partial charge in [-0.1, -0.05) is 12.1 Å². The number of halogens is 2. The van der Waals surface area contributed by atoms with Crippen molar-refractivity contribution in [1.29, 1.82) is 0 Å². The number of furan rings is 1. The van der Waals surface area contributed by atoms with Gasteiger partial charge < -0.3 is 24.7 Å². The van der Waals surface area contributed by atoms with Crippen molar-refractivity contribution in [3.8, 4) is 0 Å². The van der Waals surface area contributed by atoms with E-state index in [9.17, 15) is 9.18 Å². The van der Waals surface area contributed by atoms with Gasteiger partial charge in [-0.05, 0) is 36.8 Å². The average molecular weight is 516 g/mol. The van der Waals surface area contributed by atoms with Gasteiger partial charge in [0, 0.05) is 26.7 Å². The van der Waals surface area contributed by atoms with Crippen LogP contribution >= 0.6 is 24.0 Å². The number of ether oxygens (including phenoxy) is 1. The summed E-state index contributed by atoms with van der Waals surface area (Å²) >= 11 is 0. The van der Waals surface area contributed by atoms with Crippen molar-refractivity contribution >= 4 is 35.8 Å². The maximum absolute atomic E-state index is 13.2. The Balaban J connectivity index is 0.00000300. The van der Waals surface area contributed by atoms with Crippen molar-refractivity contribution in [2.24, 2.45) is 4.99 Å². The molecule has 1 saturated heterocycles. The Morgan fingerprint density at radius 2 is 1.93 bits per heavy atom. The predicted molar refractivity (Wildman–Crippen MR) is 119 cm³/mol. The van der Waals surface area contributed by atoms with Gasteiger partial charge in [0.1, 0.15) is 11.9 Å². The van der Waals surface area contributed by atoms with Gasteiger partial charge in [0.15, 0.2) is 11.7 Å². The normalized spacial score (nSPS) is 19.4. The second kappa shape index (κ2) is 11.1. The fraction of sp³-hybridized carbons (Fsp3) is 0.400. The van der Waals surface area contributed by atoms with Gasteiger partial charge in [-0.2, -0.15) is 0 Å². The molecule has 29 heavy (non-hydrogen) atoms. The zero-order valence-corrected chi connectivity index (χ0v) is 18.8. The Morgan fingerprint density at radius 3 is 2.59 bits per heavy atom. The fourth-order valence-electron chi connectivity index (χ4n) is 3.16. The van der Waals surface area contributed by atoms with E-state index in [2.05, 4.69) is 20.5 Å². The molecule has 1 aromatic carbocycles. The van der Waals surface area contributed by atoms with E-state index in [1.807, 2.05) is 6.92 Å². The summed E-state index contributed by atoms with van der Waals surface area (Å²) in [6.45, 7) is 4.25. The number of morpholine rings is 1. The molecule has 1 amide bonds. The summed E-state index contributed by atoms with van der Waals surface area (Å²) in [6.07, 6.45) is 1.30. The topological polar surface area (TPSA) is 79.1 Å². The van der Waals surface area contributed by atoms with Crippen LogP contribution in [0, 0.1) is 5.82 Å². The molecular formula is C20H26FIN4O3. The summed E-state index contributed by atoms with van der Waals surface area (Å²) in [7, 11) is 1.72. The predicted octanol–water partition coefficient (Wildman–Crippen LogP) is 2.80. The number of guanidine groups is 1. The molecule has 1 fully saturated rings.